The number of carbonyl (C=O) groups excluding carboxylic acids is 2. The second-order valence-electron chi connectivity index (χ2n) is 5.96. The van der Waals surface area contributed by atoms with Gasteiger partial charge in [-0.2, -0.15) is 0 Å². The van der Waals surface area contributed by atoms with Gasteiger partial charge in [0.1, 0.15) is 0 Å². The summed E-state index contributed by atoms with van der Waals surface area (Å²) in [7, 11) is -3.00. The second kappa shape index (κ2) is 8.28. The standard InChI is InChI=1S/C17H24N2O4S/c1-2-19(15-10-12-24(22,23)13-15)16(20)9-6-11-18-17(21)14-7-4-3-5-8-14/h3-5,7-8,15H,2,6,9-13H2,1H3,(H,18,21). The van der Waals surface area contributed by atoms with Crippen molar-refractivity contribution >= 4 is 21.7 Å². The Balaban J connectivity index is 1.75. The SMILES string of the molecule is CCN(C(=O)CCCNC(=O)c1ccccc1)C1CCS(=O)(=O)C1. The molecular formula is C17H24N2O4S. The molecule has 2 rings (SSSR count). The van der Waals surface area contributed by atoms with Gasteiger partial charge in [0.15, 0.2) is 9.84 Å². The van der Waals surface area contributed by atoms with E-state index in [1.165, 1.54) is 0 Å². The first kappa shape index (κ1) is 18.4. The van der Waals surface area contributed by atoms with Crippen molar-refractivity contribution < 1.29 is 18.0 Å². The molecule has 7 heteroatoms. The van der Waals surface area contributed by atoms with Crippen LogP contribution in [0, 0.1) is 0 Å². The molecule has 1 aliphatic rings. The fourth-order valence-electron chi connectivity index (χ4n) is 2.94. The lowest BCUT2D eigenvalue weighted by Crippen LogP contribution is -2.41. The van der Waals surface area contributed by atoms with Gasteiger partial charge in [-0.05, 0) is 31.9 Å². The van der Waals surface area contributed by atoms with Crippen molar-refractivity contribution in [2.75, 3.05) is 24.6 Å². The van der Waals surface area contributed by atoms with Gasteiger partial charge < -0.3 is 10.2 Å². The molecule has 1 atom stereocenters. The summed E-state index contributed by atoms with van der Waals surface area (Å²) in [6, 6.07) is 8.71. The summed E-state index contributed by atoms with van der Waals surface area (Å²) < 4.78 is 23.1. The summed E-state index contributed by atoms with van der Waals surface area (Å²) in [6.07, 6.45) is 1.36. The molecule has 1 saturated heterocycles. The fourth-order valence-corrected chi connectivity index (χ4v) is 4.67. The highest BCUT2D eigenvalue weighted by Crippen LogP contribution is 2.18. The zero-order valence-electron chi connectivity index (χ0n) is 13.9. The first-order valence-electron chi connectivity index (χ1n) is 8.26. The van der Waals surface area contributed by atoms with E-state index < -0.39 is 9.84 Å². The van der Waals surface area contributed by atoms with E-state index in [2.05, 4.69) is 5.32 Å². The van der Waals surface area contributed by atoms with E-state index in [4.69, 9.17) is 0 Å². The van der Waals surface area contributed by atoms with E-state index in [1.54, 1.807) is 29.2 Å². The second-order valence-corrected chi connectivity index (χ2v) is 8.19. The topological polar surface area (TPSA) is 83.6 Å². The third kappa shape index (κ3) is 5.06. The van der Waals surface area contributed by atoms with Crippen LogP contribution >= 0.6 is 0 Å². The van der Waals surface area contributed by atoms with Crippen LogP contribution in [0.25, 0.3) is 0 Å². The Morgan fingerprint density at radius 1 is 1.25 bits per heavy atom. The summed E-state index contributed by atoms with van der Waals surface area (Å²) in [5, 5.41) is 2.79. The van der Waals surface area contributed by atoms with E-state index in [0.717, 1.165) is 0 Å². The van der Waals surface area contributed by atoms with Gasteiger partial charge in [0.25, 0.3) is 5.91 Å². The summed E-state index contributed by atoms with van der Waals surface area (Å²) >= 11 is 0. The molecule has 1 heterocycles. The van der Waals surface area contributed by atoms with E-state index in [9.17, 15) is 18.0 Å². The van der Waals surface area contributed by atoms with Crippen molar-refractivity contribution in [1.82, 2.24) is 10.2 Å². The van der Waals surface area contributed by atoms with Crippen LogP contribution in [-0.4, -0.2) is 55.8 Å². The number of nitrogens with one attached hydrogen (secondary N) is 1. The van der Waals surface area contributed by atoms with Crippen molar-refractivity contribution in [1.29, 1.82) is 0 Å². The molecule has 1 unspecified atom stereocenters. The molecule has 0 bridgehead atoms. The Hall–Kier alpha value is -1.89. The molecule has 0 saturated carbocycles. The van der Waals surface area contributed by atoms with E-state index in [1.807, 2.05) is 13.0 Å². The Kier molecular flexibility index (Phi) is 6.36. The van der Waals surface area contributed by atoms with Gasteiger partial charge >= 0.3 is 0 Å². The largest absolute Gasteiger partial charge is 0.352 e. The number of rotatable bonds is 7. The smallest absolute Gasteiger partial charge is 0.251 e. The number of nitrogens with zero attached hydrogens (tertiary/aromatic N) is 1. The zero-order valence-corrected chi connectivity index (χ0v) is 14.7. The van der Waals surface area contributed by atoms with Crippen LogP contribution in [0.1, 0.15) is 36.5 Å². The average Bonchev–Trinajstić information content (AvgIpc) is 2.92. The maximum atomic E-state index is 12.3. The molecular weight excluding hydrogens is 328 g/mol. The van der Waals surface area contributed by atoms with Gasteiger partial charge in [-0.15, -0.1) is 0 Å². The van der Waals surface area contributed by atoms with E-state index in [0.29, 0.717) is 37.9 Å². The number of carbonyl (C=O) groups is 2. The maximum absolute atomic E-state index is 12.3. The van der Waals surface area contributed by atoms with Crippen LogP contribution in [0.3, 0.4) is 0 Å². The van der Waals surface area contributed by atoms with Gasteiger partial charge in [-0.1, -0.05) is 18.2 Å². The fraction of sp³-hybridized carbons (Fsp3) is 0.529. The Morgan fingerprint density at radius 3 is 2.54 bits per heavy atom. The molecule has 1 aromatic rings. The molecule has 0 aromatic heterocycles. The summed E-state index contributed by atoms with van der Waals surface area (Å²) in [4.78, 5) is 25.8. The molecule has 1 aliphatic heterocycles. The molecule has 0 aliphatic carbocycles. The van der Waals surface area contributed by atoms with Crippen LogP contribution in [-0.2, 0) is 14.6 Å². The number of benzene rings is 1. The van der Waals surface area contributed by atoms with Crippen LogP contribution < -0.4 is 5.32 Å². The molecule has 1 aromatic carbocycles. The Labute approximate surface area is 143 Å². The quantitative estimate of drug-likeness (QED) is 0.748. The van der Waals surface area contributed by atoms with Gasteiger partial charge in [0.2, 0.25) is 5.91 Å². The molecule has 132 valence electrons. The Morgan fingerprint density at radius 2 is 1.96 bits per heavy atom. The molecule has 0 radical (unpaired) electrons. The molecule has 0 spiro atoms. The summed E-state index contributed by atoms with van der Waals surface area (Å²) in [5.74, 6) is 0.0252. The molecule has 1 N–H and O–H groups in total. The van der Waals surface area contributed by atoms with E-state index in [-0.39, 0.29) is 29.4 Å². The van der Waals surface area contributed by atoms with Crippen molar-refractivity contribution in [3.8, 4) is 0 Å². The highest BCUT2D eigenvalue weighted by Gasteiger charge is 2.33. The minimum atomic E-state index is -3.00. The summed E-state index contributed by atoms with van der Waals surface area (Å²) in [6.45, 7) is 2.79. The van der Waals surface area contributed by atoms with Crippen LogP contribution in [0.2, 0.25) is 0 Å². The predicted octanol–water partition coefficient (Wildman–Crippen LogP) is 1.23. The number of hydrogen-bond donors (Lipinski definition) is 1. The van der Waals surface area contributed by atoms with Crippen LogP contribution in [0.5, 0.6) is 0 Å². The van der Waals surface area contributed by atoms with Gasteiger partial charge in [-0.3, -0.25) is 9.59 Å². The maximum Gasteiger partial charge on any atom is 0.251 e. The zero-order chi connectivity index (χ0) is 17.6. The highest BCUT2D eigenvalue weighted by molar-refractivity contribution is 7.91. The van der Waals surface area contributed by atoms with Gasteiger partial charge in [0, 0.05) is 31.1 Å². The summed E-state index contributed by atoms with van der Waals surface area (Å²) in [5.41, 5.74) is 0.593. The first-order valence-corrected chi connectivity index (χ1v) is 10.1. The van der Waals surface area contributed by atoms with Gasteiger partial charge in [0.05, 0.1) is 11.5 Å². The molecule has 6 nitrogen and oxygen atoms in total. The lowest BCUT2D eigenvalue weighted by Gasteiger charge is -2.27. The first-order chi connectivity index (χ1) is 11.4. The van der Waals surface area contributed by atoms with Crippen LogP contribution in [0.4, 0.5) is 0 Å². The normalized spacial score (nSPS) is 19.0. The third-order valence-corrected chi connectivity index (χ3v) is 5.95. The number of hydrogen-bond acceptors (Lipinski definition) is 4. The third-order valence-electron chi connectivity index (χ3n) is 4.20. The Bertz CT molecular complexity index is 673. The average molecular weight is 352 g/mol. The number of sulfone groups is 1. The van der Waals surface area contributed by atoms with Crippen molar-refractivity contribution in [2.45, 2.75) is 32.2 Å². The lowest BCUT2D eigenvalue weighted by molar-refractivity contribution is -0.132. The number of amides is 2. The van der Waals surface area contributed by atoms with Crippen molar-refractivity contribution in [2.24, 2.45) is 0 Å². The van der Waals surface area contributed by atoms with Gasteiger partial charge in [-0.25, -0.2) is 8.42 Å². The molecule has 1 fully saturated rings. The van der Waals surface area contributed by atoms with Crippen LogP contribution in [0.15, 0.2) is 30.3 Å². The lowest BCUT2D eigenvalue weighted by atomic mass is 10.2. The monoisotopic (exact) mass is 352 g/mol. The molecule has 2 amide bonds. The minimum Gasteiger partial charge on any atom is -0.352 e. The van der Waals surface area contributed by atoms with Crippen molar-refractivity contribution in [3.05, 3.63) is 35.9 Å². The minimum absolute atomic E-state index is 0.0476. The van der Waals surface area contributed by atoms with E-state index >= 15 is 0 Å². The highest BCUT2D eigenvalue weighted by atomic mass is 32.2. The predicted molar refractivity (Wildman–Crippen MR) is 92.5 cm³/mol. The molecule has 24 heavy (non-hydrogen) atoms. The van der Waals surface area contributed by atoms with Crippen molar-refractivity contribution in [3.63, 3.8) is 0 Å².